The Morgan fingerprint density at radius 3 is 2.08 bits per heavy atom. The minimum absolute atomic E-state index is 0.201. The third kappa shape index (κ3) is 1.78. The maximum absolute atomic E-state index is 7.49. The van der Waals surface area contributed by atoms with E-state index in [1.807, 2.05) is 0 Å². The first kappa shape index (κ1) is 9.52. The van der Waals surface area contributed by atoms with Crippen molar-refractivity contribution in [3.63, 3.8) is 0 Å². The predicted octanol–water partition coefficient (Wildman–Crippen LogP) is 1.66. The van der Waals surface area contributed by atoms with Crippen LogP contribution in [0.25, 0.3) is 0 Å². The van der Waals surface area contributed by atoms with Crippen molar-refractivity contribution in [2.45, 2.75) is 44.1 Å². The van der Waals surface area contributed by atoms with Crippen molar-refractivity contribution in [3.05, 3.63) is 0 Å². The summed E-state index contributed by atoms with van der Waals surface area (Å²) in [5, 5.41) is 7.49. The zero-order valence-electron chi connectivity index (χ0n) is 7.73. The molecule has 0 bridgehead atoms. The van der Waals surface area contributed by atoms with Crippen LogP contribution >= 0.6 is 0 Å². The molecule has 1 saturated carbocycles. The zero-order chi connectivity index (χ0) is 9.03. The summed E-state index contributed by atoms with van der Waals surface area (Å²) in [5.41, 5.74) is 5.11. The molecule has 1 rings (SSSR count). The first-order chi connectivity index (χ1) is 5.71. The molecule has 0 heterocycles. The average Bonchev–Trinajstić information content (AvgIpc) is 2.29. The van der Waals surface area contributed by atoms with Crippen molar-refractivity contribution in [2.75, 3.05) is 7.11 Å². The van der Waals surface area contributed by atoms with Gasteiger partial charge in [-0.1, -0.05) is 25.7 Å². The van der Waals surface area contributed by atoms with Crippen LogP contribution in [0.15, 0.2) is 0 Å². The number of rotatable bonds is 2. The number of nitrogens with one attached hydrogen (secondary N) is 1. The first-order valence-corrected chi connectivity index (χ1v) is 4.61. The average molecular weight is 170 g/mol. The Morgan fingerprint density at radius 1 is 1.25 bits per heavy atom. The molecular weight excluding hydrogens is 152 g/mol. The van der Waals surface area contributed by atoms with Crippen molar-refractivity contribution in [1.82, 2.24) is 0 Å². The minimum atomic E-state index is -0.434. The van der Waals surface area contributed by atoms with E-state index in [1.54, 1.807) is 7.11 Å². The molecule has 0 aromatic rings. The topological polar surface area (TPSA) is 59.1 Å². The third-order valence-electron chi connectivity index (χ3n) is 2.79. The van der Waals surface area contributed by atoms with Gasteiger partial charge in [0, 0.05) is 7.11 Å². The van der Waals surface area contributed by atoms with Gasteiger partial charge in [0.15, 0.2) is 0 Å². The summed E-state index contributed by atoms with van der Waals surface area (Å²) in [4.78, 5) is 0. The summed E-state index contributed by atoms with van der Waals surface area (Å²) in [6.45, 7) is 0. The van der Waals surface area contributed by atoms with Crippen LogP contribution in [-0.4, -0.2) is 18.5 Å². The van der Waals surface area contributed by atoms with E-state index in [0.717, 1.165) is 25.7 Å². The summed E-state index contributed by atoms with van der Waals surface area (Å²) < 4.78 is 5.37. The molecule has 0 atom stereocenters. The summed E-state index contributed by atoms with van der Waals surface area (Å²) in [7, 11) is 1.66. The van der Waals surface area contributed by atoms with Crippen LogP contribution in [0.1, 0.15) is 38.5 Å². The molecule has 0 radical (unpaired) electrons. The first-order valence-electron chi connectivity index (χ1n) is 4.61. The molecule has 1 aliphatic carbocycles. The molecular formula is C9H18N2O. The van der Waals surface area contributed by atoms with E-state index in [0.29, 0.717) is 0 Å². The third-order valence-corrected chi connectivity index (χ3v) is 2.79. The lowest BCUT2D eigenvalue weighted by Gasteiger charge is -2.29. The smallest absolute Gasteiger partial charge is 0.124 e. The van der Waals surface area contributed by atoms with Gasteiger partial charge in [0.05, 0.1) is 0 Å². The fourth-order valence-electron chi connectivity index (χ4n) is 1.88. The molecule has 12 heavy (non-hydrogen) atoms. The number of methoxy groups -OCH3 is 1. The van der Waals surface area contributed by atoms with Gasteiger partial charge < -0.3 is 10.5 Å². The molecule has 0 aliphatic heterocycles. The van der Waals surface area contributed by atoms with Crippen LogP contribution in [0.2, 0.25) is 0 Å². The standard InChI is InChI=1S/C9H18N2O/c1-12-9(8(10)11)6-4-2-3-5-7-9/h2-7H2,1H3,(H3,10,11). The van der Waals surface area contributed by atoms with Gasteiger partial charge in [0.2, 0.25) is 0 Å². The normalized spacial score (nSPS) is 23.1. The monoisotopic (exact) mass is 170 g/mol. The van der Waals surface area contributed by atoms with E-state index in [9.17, 15) is 0 Å². The number of ether oxygens (including phenoxy) is 1. The summed E-state index contributed by atoms with van der Waals surface area (Å²) in [6.07, 6.45) is 6.59. The van der Waals surface area contributed by atoms with Crippen molar-refractivity contribution in [3.8, 4) is 0 Å². The lowest BCUT2D eigenvalue weighted by molar-refractivity contribution is 0.0355. The lowest BCUT2D eigenvalue weighted by atomic mass is 9.93. The van der Waals surface area contributed by atoms with E-state index >= 15 is 0 Å². The molecule has 0 aromatic carbocycles. The van der Waals surface area contributed by atoms with Gasteiger partial charge in [0.1, 0.15) is 11.4 Å². The molecule has 1 fully saturated rings. The van der Waals surface area contributed by atoms with Gasteiger partial charge in [-0.3, -0.25) is 5.41 Å². The molecule has 3 N–H and O–H groups in total. The second kappa shape index (κ2) is 3.90. The van der Waals surface area contributed by atoms with Crippen LogP contribution in [0, 0.1) is 5.41 Å². The fraction of sp³-hybridized carbons (Fsp3) is 0.889. The fourth-order valence-corrected chi connectivity index (χ4v) is 1.88. The van der Waals surface area contributed by atoms with Crippen molar-refractivity contribution in [1.29, 1.82) is 5.41 Å². The van der Waals surface area contributed by atoms with Crippen LogP contribution in [0.5, 0.6) is 0 Å². The largest absolute Gasteiger partial charge is 0.385 e. The van der Waals surface area contributed by atoms with E-state index in [2.05, 4.69) is 0 Å². The molecule has 1 aliphatic rings. The van der Waals surface area contributed by atoms with Gasteiger partial charge in [-0.2, -0.15) is 0 Å². The zero-order valence-corrected chi connectivity index (χ0v) is 7.73. The molecule has 0 aromatic heterocycles. The Bertz CT molecular complexity index is 160. The van der Waals surface area contributed by atoms with Crippen LogP contribution in [-0.2, 0) is 4.74 Å². The highest BCUT2D eigenvalue weighted by Crippen LogP contribution is 2.29. The second-order valence-electron chi connectivity index (χ2n) is 3.53. The van der Waals surface area contributed by atoms with Crippen molar-refractivity contribution in [2.24, 2.45) is 5.73 Å². The van der Waals surface area contributed by atoms with Gasteiger partial charge >= 0.3 is 0 Å². The van der Waals surface area contributed by atoms with Crippen molar-refractivity contribution < 1.29 is 4.74 Å². The molecule has 0 unspecified atom stereocenters. The summed E-state index contributed by atoms with van der Waals surface area (Å²) >= 11 is 0. The Labute approximate surface area is 73.8 Å². The summed E-state index contributed by atoms with van der Waals surface area (Å²) in [5.74, 6) is 0.201. The van der Waals surface area contributed by atoms with E-state index in [-0.39, 0.29) is 5.84 Å². The molecule has 3 nitrogen and oxygen atoms in total. The number of nitrogens with two attached hydrogens (primary N) is 1. The lowest BCUT2D eigenvalue weighted by Crippen LogP contribution is -2.44. The predicted molar refractivity (Wildman–Crippen MR) is 49.4 cm³/mol. The summed E-state index contributed by atoms with van der Waals surface area (Å²) in [6, 6.07) is 0. The number of hydrogen-bond acceptors (Lipinski definition) is 2. The highest BCUT2D eigenvalue weighted by Gasteiger charge is 2.33. The van der Waals surface area contributed by atoms with E-state index in [4.69, 9.17) is 15.9 Å². The van der Waals surface area contributed by atoms with Gasteiger partial charge in [-0.15, -0.1) is 0 Å². The highest BCUT2D eigenvalue weighted by molar-refractivity contribution is 5.86. The van der Waals surface area contributed by atoms with Crippen molar-refractivity contribution >= 4 is 5.84 Å². The molecule has 70 valence electrons. The Balaban J connectivity index is 2.68. The van der Waals surface area contributed by atoms with Gasteiger partial charge in [-0.25, -0.2) is 0 Å². The second-order valence-corrected chi connectivity index (χ2v) is 3.53. The highest BCUT2D eigenvalue weighted by atomic mass is 16.5. The van der Waals surface area contributed by atoms with E-state index in [1.165, 1.54) is 12.8 Å². The molecule has 3 heteroatoms. The number of hydrogen-bond donors (Lipinski definition) is 2. The van der Waals surface area contributed by atoms with Crippen LogP contribution < -0.4 is 5.73 Å². The van der Waals surface area contributed by atoms with E-state index < -0.39 is 5.60 Å². The van der Waals surface area contributed by atoms with Crippen LogP contribution in [0.4, 0.5) is 0 Å². The Morgan fingerprint density at radius 2 is 1.75 bits per heavy atom. The Kier molecular flexibility index (Phi) is 3.09. The SMILES string of the molecule is COC1(C(=N)N)CCCCCC1. The van der Waals surface area contributed by atoms with Gasteiger partial charge in [0.25, 0.3) is 0 Å². The minimum Gasteiger partial charge on any atom is -0.385 e. The molecule has 0 spiro atoms. The maximum atomic E-state index is 7.49. The Hall–Kier alpha value is -0.570. The molecule has 0 saturated heterocycles. The van der Waals surface area contributed by atoms with Gasteiger partial charge in [-0.05, 0) is 12.8 Å². The molecule has 0 amide bonds. The maximum Gasteiger partial charge on any atom is 0.124 e. The van der Waals surface area contributed by atoms with Crippen LogP contribution in [0.3, 0.4) is 0 Å². The quantitative estimate of drug-likeness (QED) is 0.376. The number of amidine groups is 1.